The first kappa shape index (κ1) is 23.9. The van der Waals surface area contributed by atoms with Crippen LogP contribution in [0.15, 0.2) is 41.3 Å². The fraction of sp³-hybridized carbons (Fsp3) is 0.435. The maximum absolute atomic E-state index is 13.2. The van der Waals surface area contributed by atoms with Gasteiger partial charge in [0.2, 0.25) is 0 Å². The van der Waals surface area contributed by atoms with Gasteiger partial charge in [0, 0.05) is 6.54 Å². The molecule has 1 fully saturated rings. The van der Waals surface area contributed by atoms with Crippen molar-refractivity contribution < 1.29 is 23.1 Å². The summed E-state index contributed by atoms with van der Waals surface area (Å²) in [5.74, 6) is -1.10. The van der Waals surface area contributed by atoms with Crippen molar-refractivity contribution in [1.29, 1.82) is 0 Å². The molecule has 3 N–H and O–H groups in total. The number of aromatic carboxylic acids is 1. The van der Waals surface area contributed by atoms with Crippen molar-refractivity contribution in [2.24, 2.45) is 0 Å². The van der Waals surface area contributed by atoms with Crippen molar-refractivity contribution in [2.75, 3.05) is 43.3 Å². The molecule has 8 nitrogen and oxygen atoms in total. The summed E-state index contributed by atoms with van der Waals surface area (Å²) in [6.07, 6.45) is 3.94. The average Bonchev–Trinajstić information content (AvgIpc) is 3.29. The van der Waals surface area contributed by atoms with Crippen LogP contribution >= 0.6 is 0 Å². The number of hydrogen-bond donors (Lipinski definition) is 3. The third kappa shape index (κ3) is 5.52. The summed E-state index contributed by atoms with van der Waals surface area (Å²) >= 11 is 0. The molecule has 0 radical (unpaired) electrons. The van der Waals surface area contributed by atoms with Gasteiger partial charge in [0.1, 0.15) is 16.2 Å². The number of aryl methyl sites for hydroxylation is 1. The SMILES string of the molecule is CCc1ccc(NS(=O)(=O)c2ccccc2NCCCN2CCCC2)c(C(=O)O)c1OC. The molecule has 2 aromatic rings. The summed E-state index contributed by atoms with van der Waals surface area (Å²) in [6, 6.07) is 9.76. The maximum atomic E-state index is 13.2. The van der Waals surface area contributed by atoms with Gasteiger partial charge < -0.3 is 20.1 Å². The van der Waals surface area contributed by atoms with Crippen LogP contribution in [0.3, 0.4) is 0 Å². The fourth-order valence-corrected chi connectivity index (χ4v) is 5.27. The number of sulfonamides is 1. The Bertz CT molecular complexity index is 1050. The van der Waals surface area contributed by atoms with Gasteiger partial charge >= 0.3 is 5.97 Å². The second-order valence-electron chi connectivity index (χ2n) is 7.77. The van der Waals surface area contributed by atoms with Gasteiger partial charge in [-0.2, -0.15) is 0 Å². The van der Waals surface area contributed by atoms with E-state index in [1.54, 1.807) is 24.3 Å². The average molecular weight is 462 g/mol. The number of carboxylic acid groups (broad SMARTS) is 1. The number of likely N-dealkylation sites (tertiary alicyclic amines) is 1. The van der Waals surface area contributed by atoms with Gasteiger partial charge in [-0.05, 0) is 69.1 Å². The molecule has 32 heavy (non-hydrogen) atoms. The van der Waals surface area contributed by atoms with Crippen LogP contribution in [-0.4, -0.2) is 57.7 Å². The highest BCUT2D eigenvalue weighted by Crippen LogP contribution is 2.33. The van der Waals surface area contributed by atoms with Gasteiger partial charge in [-0.25, -0.2) is 13.2 Å². The van der Waals surface area contributed by atoms with Crippen LogP contribution in [0.5, 0.6) is 5.75 Å². The molecule has 0 aliphatic carbocycles. The summed E-state index contributed by atoms with van der Waals surface area (Å²) in [6.45, 7) is 5.75. The van der Waals surface area contributed by atoms with E-state index in [1.807, 2.05) is 6.92 Å². The van der Waals surface area contributed by atoms with Gasteiger partial charge in [-0.15, -0.1) is 0 Å². The number of benzene rings is 2. The lowest BCUT2D eigenvalue weighted by molar-refractivity contribution is 0.0694. The van der Waals surface area contributed by atoms with E-state index in [1.165, 1.54) is 32.1 Å². The van der Waals surface area contributed by atoms with Crippen molar-refractivity contribution >= 4 is 27.4 Å². The minimum absolute atomic E-state index is 0.0320. The largest absolute Gasteiger partial charge is 0.495 e. The van der Waals surface area contributed by atoms with E-state index < -0.39 is 16.0 Å². The Kier molecular flexibility index (Phi) is 7.98. The van der Waals surface area contributed by atoms with Gasteiger partial charge in [0.15, 0.2) is 0 Å². The summed E-state index contributed by atoms with van der Waals surface area (Å²) in [7, 11) is -2.66. The molecular weight excluding hydrogens is 430 g/mol. The van der Waals surface area contributed by atoms with Crippen molar-refractivity contribution in [1.82, 2.24) is 4.90 Å². The number of methoxy groups -OCH3 is 1. The number of nitrogens with one attached hydrogen (secondary N) is 2. The third-order valence-corrected chi connectivity index (χ3v) is 7.05. The molecule has 1 aliphatic rings. The van der Waals surface area contributed by atoms with Crippen LogP contribution in [0.2, 0.25) is 0 Å². The normalized spacial score (nSPS) is 14.3. The Labute approximate surface area is 189 Å². The van der Waals surface area contributed by atoms with Crippen LogP contribution in [0.25, 0.3) is 0 Å². The summed E-state index contributed by atoms with van der Waals surface area (Å²) in [5, 5.41) is 12.9. The van der Waals surface area contributed by atoms with Gasteiger partial charge in [-0.1, -0.05) is 25.1 Å². The van der Waals surface area contributed by atoms with E-state index in [0.29, 0.717) is 24.2 Å². The number of para-hydroxylation sites is 1. The Morgan fingerprint density at radius 1 is 1.12 bits per heavy atom. The third-order valence-electron chi connectivity index (χ3n) is 5.62. The van der Waals surface area contributed by atoms with E-state index in [9.17, 15) is 18.3 Å². The molecule has 3 rings (SSSR count). The Hall–Kier alpha value is -2.78. The molecule has 0 aromatic heterocycles. The Morgan fingerprint density at radius 2 is 1.84 bits per heavy atom. The zero-order chi connectivity index (χ0) is 23.1. The van der Waals surface area contributed by atoms with Crippen LogP contribution in [-0.2, 0) is 16.4 Å². The molecule has 1 aliphatic heterocycles. The van der Waals surface area contributed by atoms with Crippen molar-refractivity contribution in [3.63, 3.8) is 0 Å². The second kappa shape index (κ2) is 10.7. The molecular formula is C23H31N3O5S. The zero-order valence-corrected chi connectivity index (χ0v) is 19.4. The van der Waals surface area contributed by atoms with E-state index in [2.05, 4.69) is 14.9 Å². The lowest BCUT2D eigenvalue weighted by atomic mass is 10.0. The van der Waals surface area contributed by atoms with E-state index in [0.717, 1.165) is 26.1 Å². The standard InChI is InChI=1S/C23H31N3O5S/c1-3-17-11-12-19(21(23(27)28)22(17)31-2)25-32(29,30)20-10-5-4-9-18(20)24-13-8-16-26-14-6-7-15-26/h4-5,9-12,24-25H,3,6-8,13-16H2,1-2H3,(H,27,28). The molecule has 0 amide bonds. The topological polar surface area (TPSA) is 108 Å². The van der Waals surface area contributed by atoms with E-state index >= 15 is 0 Å². The molecule has 9 heteroatoms. The number of rotatable bonds is 11. The van der Waals surface area contributed by atoms with E-state index in [-0.39, 0.29) is 21.9 Å². The number of carboxylic acids is 1. The molecule has 0 atom stereocenters. The molecule has 1 heterocycles. The number of carbonyl (C=O) groups is 1. The first-order chi connectivity index (χ1) is 15.4. The van der Waals surface area contributed by atoms with Crippen LogP contribution in [0.4, 0.5) is 11.4 Å². The summed E-state index contributed by atoms with van der Waals surface area (Å²) in [4.78, 5) is 14.4. The molecule has 0 saturated carbocycles. The lowest BCUT2D eigenvalue weighted by Crippen LogP contribution is -2.23. The van der Waals surface area contributed by atoms with Crippen LogP contribution < -0.4 is 14.8 Å². The minimum atomic E-state index is -4.04. The highest BCUT2D eigenvalue weighted by Gasteiger charge is 2.25. The molecule has 2 aromatic carbocycles. The highest BCUT2D eigenvalue weighted by atomic mass is 32.2. The highest BCUT2D eigenvalue weighted by molar-refractivity contribution is 7.92. The quantitative estimate of drug-likeness (QED) is 0.438. The lowest BCUT2D eigenvalue weighted by Gasteiger charge is -2.18. The molecule has 0 spiro atoms. The van der Waals surface area contributed by atoms with E-state index in [4.69, 9.17) is 4.74 Å². The smallest absolute Gasteiger partial charge is 0.341 e. The van der Waals surface area contributed by atoms with Gasteiger partial charge in [0.05, 0.1) is 18.5 Å². The zero-order valence-electron chi connectivity index (χ0n) is 18.6. The molecule has 0 unspecified atom stereocenters. The predicted octanol–water partition coefficient (Wildman–Crippen LogP) is 3.65. The fourth-order valence-electron chi connectivity index (χ4n) is 4.01. The van der Waals surface area contributed by atoms with Gasteiger partial charge in [0.25, 0.3) is 10.0 Å². The summed E-state index contributed by atoms with van der Waals surface area (Å²) in [5.41, 5.74) is 0.935. The van der Waals surface area contributed by atoms with Crippen molar-refractivity contribution in [2.45, 2.75) is 37.5 Å². The Balaban J connectivity index is 1.81. The first-order valence-electron chi connectivity index (χ1n) is 10.9. The predicted molar refractivity (Wildman–Crippen MR) is 125 cm³/mol. The summed E-state index contributed by atoms with van der Waals surface area (Å²) < 4.78 is 34.1. The first-order valence-corrected chi connectivity index (χ1v) is 12.4. The minimum Gasteiger partial charge on any atom is -0.495 e. The van der Waals surface area contributed by atoms with Crippen LogP contribution in [0.1, 0.15) is 42.1 Å². The molecule has 174 valence electrons. The monoisotopic (exact) mass is 461 g/mol. The molecule has 1 saturated heterocycles. The number of anilines is 2. The number of hydrogen-bond acceptors (Lipinski definition) is 6. The van der Waals surface area contributed by atoms with Crippen LogP contribution in [0, 0.1) is 0 Å². The number of nitrogens with zero attached hydrogens (tertiary/aromatic N) is 1. The van der Waals surface area contributed by atoms with Crippen molar-refractivity contribution in [3.05, 3.63) is 47.5 Å². The number of ether oxygens (including phenoxy) is 1. The Morgan fingerprint density at radius 3 is 2.50 bits per heavy atom. The van der Waals surface area contributed by atoms with Crippen molar-refractivity contribution in [3.8, 4) is 5.75 Å². The maximum Gasteiger partial charge on any atom is 0.341 e. The van der Waals surface area contributed by atoms with Gasteiger partial charge in [-0.3, -0.25) is 4.72 Å². The second-order valence-corrected chi connectivity index (χ2v) is 9.42. The molecule has 0 bridgehead atoms.